The molecule has 2 nitrogen and oxygen atoms in total. The molecule has 27 heavy (non-hydrogen) atoms. The van der Waals surface area contributed by atoms with Crippen molar-refractivity contribution in [3.63, 3.8) is 0 Å². The van der Waals surface area contributed by atoms with Crippen LogP contribution in [0, 0.1) is 6.92 Å². The van der Waals surface area contributed by atoms with Gasteiger partial charge in [-0.1, -0.05) is 78.9 Å². The van der Waals surface area contributed by atoms with Crippen LogP contribution in [0.1, 0.15) is 28.2 Å². The zero-order valence-electron chi connectivity index (χ0n) is 15.7. The number of rotatable bonds is 4. The average Bonchev–Trinajstić information content (AvgIpc) is 2.93. The highest BCUT2D eigenvalue weighted by Gasteiger charge is 2.55. The minimum absolute atomic E-state index is 0.0896. The van der Waals surface area contributed by atoms with Crippen molar-refractivity contribution in [3.8, 4) is 0 Å². The molecule has 0 spiro atoms. The van der Waals surface area contributed by atoms with Crippen LogP contribution < -0.4 is 4.90 Å². The molecule has 0 aliphatic carbocycles. The highest BCUT2D eigenvalue weighted by molar-refractivity contribution is 6.11. The first kappa shape index (κ1) is 17.3. The number of carbonyl (C=O) groups is 1. The molecule has 2 unspecified atom stereocenters. The van der Waals surface area contributed by atoms with Gasteiger partial charge >= 0.3 is 0 Å². The summed E-state index contributed by atoms with van der Waals surface area (Å²) in [5, 5.41) is 0. The van der Waals surface area contributed by atoms with Gasteiger partial charge in [0.05, 0.1) is 0 Å². The lowest BCUT2D eigenvalue weighted by Crippen LogP contribution is -2.44. The fraction of sp³-hybridized carbons (Fsp3) is 0.160. The number of para-hydroxylation sites is 1. The SMILES string of the molecule is C=CC(c1ccccc1)C1(c2ccccc2C)C(=O)N(C)c2ccccc21. The van der Waals surface area contributed by atoms with Crippen LogP contribution in [0.2, 0.25) is 0 Å². The fourth-order valence-electron chi connectivity index (χ4n) is 4.56. The third-order valence-corrected chi connectivity index (χ3v) is 5.76. The Morgan fingerprint density at radius 2 is 1.48 bits per heavy atom. The van der Waals surface area contributed by atoms with E-state index in [4.69, 9.17) is 0 Å². The van der Waals surface area contributed by atoms with Gasteiger partial charge in [-0.15, -0.1) is 6.58 Å². The van der Waals surface area contributed by atoms with Gasteiger partial charge in [0.1, 0.15) is 5.41 Å². The highest BCUT2D eigenvalue weighted by atomic mass is 16.2. The standard InChI is InChI=1S/C25H23NO/c1-4-20(19-13-6-5-7-14-19)25(21-15-9-8-12-18(21)2)22-16-10-11-17-23(22)26(3)24(25)27/h4-17,20H,1H2,2-3H3. The molecule has 0 N–H and O–H groups in total. The highest BCUT2D eigenvalue weighted by Crippen LogP contribution is 2.54. The number of amides is 1. The number of nitrogens with zero attached hydrogens (tertiary/aromatic N) is 1. The molecule has 3 aromatic carbocycles. The zero-order valence-corrected chi connectivity index (χ0v) is 15.7. The number of hydrogen-bond donors (Lipinski definition) is 0. The molecule has 3 aromatic rings. The molecule has 0 saturated heterocycles. The number of aryl methyl sites for hydroxylation is 1. The van der Waals surface area contributed by atoms with E-state index in [0.717, 1.165) is 27.9 Å². The van der Waals surface area contributed by atoms with Crippen molar-refractivity contribution in [2.75, 3.05) is 11.9 Å². The van der Waals surface area contributed by atoms with Gasteiger partial charge in [-0.05, 0) is 35.2 Å². The second-order valence-corrected chi connectivity index (χ2v) is 7.13. The minimum Gasteiger partial charge on any atom is -0.314 e. The summed E-state index contributed by atoms with van der Waals surface area (Å²) >= 11 is 0. The van der Waals surface area contributed by atoms with Crippen LogP contribution in [0.15, 0.2) is 91.5 Å². The first-order chi connectivity index (χ1) is 13.1. The minimum atomic E-state index is -0.820. The molecule has 0 radical (unpaired) electrons. The summed E-state index contributed by atoms with van der Waals surface area (Å²) in [5.74, 6) is -0.0786. The van der Waals surface area contributed by atoms with Gasteiger partial charge in [-0.25, -0.2) is 0 Å². The number of fused-ring (bicyclic) bond motifs is 1. The molecule has 1 amide bonds. The molecule has 1 heterocycles. The largest absolute Gasteiger partial charge is 0.314 e. The van der Waals surface area contributed by atoms with E-state index in [1.807, 2.05) is 61.7 Å². The first-order valence-electron chi connectivity index (χ1n) is 9.23. The Morgan fingerprint density at radius 1 is 0.889 bits per heavy atom. The Hall–Kier alpha value is -3.13. The lowest BCUT2D eigenvalue weighted by molar-refractivity contribution is -0.122. The van der Waals surface area contributed by atoms with Crippen molar-refractivity contribution >= 4 is 11.6 Å². The van der Waals surface area contributed by atoms with Gasteiger partial charge in [-0.3, -0.25) is 4.79 Å². The van der Waals surface area contributed by atoms with E-state index in [0.29, 0.717) is 0 Å². The zero-order chi connectivity index (χ0) is 19.0. The van der Waals surface area contributed by atoms with Crippen molar-refractivity contribution in [1.82, 2.24) is 0 Å². The van der Waals surface area contributed by atoms with Crippen LogP contribution in [0.25, 0.3) is 0 Å². The van der Waals surface area contributed by atoms with Gasteiger partial charge in [0.2, 0.25) is 5.91 Å². The second-order valence-electron chi connectivity index (χ2n) is 7.13. The van der Waals surface area contributed by atoms with Crippen molar-refractivity contribution in [2.24, 2.45) is 0 Å². The lowest BCUT2D eigenvalue weighted by Gasteiger charge is -2.37. The maximum Gasteiger partial charge on any atom is 0.242 e. The molecule has 134 valence electrons. The molecule has 0 fully saturated rings. The quantitative estimate of drug-likeness (QED) is 0.588. The Bertz CT molecular complexity index is 1010. The van der Waals surface area contributed by atoms with Gasteiger partial charge in [0.15, 0.2) is 0 Å². The van der Waals surface area contributed by atoms with Gasteiger partial charge in [0, 0.05) is 18.7 Å². The molecule has 0 bridgehead atoms. The molecular weight excluding hydrogens is 330 g/mol. The van der Waals surface area contributed by atoms with E-state index < -0.39 is 5.41 Å². The van der Waals surface area contributed by atoms with Crippen LogP contribution in [0.5, 0.6) is 0 Å². The Labute approximate surface area is 160 Å². The first-order valence-corrected chi connectivity index (χ1v) is 9.23. The Balaban J connectivity index is 2.11. The maximum atomic E-state index is 13.9. The Kier molecular flexibility index (Phi) is 4.19. The summed E-state index contributed by atoms with van der Waals surface area (Å²) in [4.78, 5) is 15.7. The summed E-state index contributed by atoms with van der Waals surface area (Å²) in [6.07, 6.45) is 1.93. The molecule has 1 aliphatic rings. The van der Waals surface area contributed by atoms with E-state index in [-0.39, 0.29) is 11.8 Å². The van der Waals surface area contributed by atoms with E-state index in [2.05, 4.69) is 43.8 Å². The second kappa shape index (κ2) is 6.55. The van der Waals surface area contributed by atoms with E-state index in [9.17, 15) is 4.79 Å². The summed E-state index contributed by atoms with van der Waals surface area (Å²) in [7, 11) is 1.87. The number of allylic oxidation sites excluding steroid dienone is 1. The molecule has 1 aliphatic heterocycles. The molecule has 2 atom stereocenters. The summed E-state index contributed by atoms with van der Waals surface area (Å²) in [5.41, 5.74) is 4.43. The Morgan fingerprint density at radius 3 is 2.15 bits per heavy atom. The van der Waals surface area contributed by atoms with Crippen LogP contribution in [0.4, 0.5) is 5.69 Å². The molecule has 0 saturated carbocycles. The third kappa shape index (κ3) is 2.37. The van der Waals surface area contributed by atoms with Crippen molar-refractivity contribution < 1.29 is 4.79 Å². The maximum absolute atomic E-state index is 13.9. The van der Waals surface area contributed by atoms with E-state index in [1.165, 1.54) is 0 Å². The van der Waals surface area contributed by atoms with E-state index in [1.54, 1.807) is 4.90 Å². The molecule has 4 rings (SSSR count). The predicted molar refractivity (Wildman–Crippen MR) is 111 cm³/mol. The lowest BCUT2D eigenvalue weighted by atomic mass is 9.63. The molecular formula is C25H23NO. The number of likely N-dealkylation sites (N-methyl/N-ethyl adjacent to an activating group) is 1. The van der Waals surface area contributed by atoms with Gasteiger partial charge < -0.3 is 4.90 Å². The normalized spacial score (nSPS) is 19.6. The number of benzene rings is 3. The number of carbonyl (C=O) groups excluding carboxylic acids is 1. The van der Waals surface area contributed by atoms with E-state index >= 15 is 0 Å². The number of hydrogen-bond acceptors (Lipinski definition) is 1. The third-order valence-electron chi connectivity index (χ3n) is 5.76. The van der Waals surface area contributed by atoms with Crippen LogP contribution in [0.3, 0.4) is 0 Å². The average molecular weight is 353 g/mol. The molecule has 0 aromatic heterocycles. The summed E-state index contributed by atoms with van der Waals surface area (Å²) < 4.78 is 0. The van der Waals surface area contributed by atoms with Crippen LogP contribution >= 0.6 is 0 Å². The fourth-order valence-corrected chi connectivity index (χ4v) is 4.56. The molecule has 2 heteroatoms. The summed E-state index contributed by atoms with van der Waals surface area (Å²) in [6.45, 7) is 6.22. The predicted octanol–water partition coefficient (Wildman–Crippen LogP) is 5.23. The van der Waals surface area contributed by atoms with Crippen molar-refractivity contribution in [3.05, 3.63) is 114 Å². The smallest absolute Gasteiger partial charge is 0.242 e. The van der Waals surface area contributed by atoms with Crippen molar-refractivity contribution in [1.29, 1.82) is 0 Å². The number of anilines is 1. The topological polar surface area (TPSA) is 20.3 Å². The van der Waals surface area contributed by atoms with Gasteiger partial charge in [0.25, 0.3) is 0 Å². The van der Waals surface area contributed by atoms with Crippen LogP contribution in [-0.2, 0) is 10.2 Å². The van der Waals surface area contributed by atoms with Crippen molar-refractivity contribution in [2.45, 2.75) is 18.3 Å². The monoisotopic (exact) mass is 353 g/mol. The van der Waals surface area contributed by atoms with Crippen LogP contribution in [-0.4, -0.2) is 13.0 Å². The van der Waals surface area contributed by atoms with Gasteiger partial charge in [-0.2, -0.15) is 0 Å². The summed E-state index contributed by atoms with van der Waals surface area (Å²) in [6, 6.07) is 26.5.